The van der Waals surface area contributed by atoms with Crippen LogP contribution in [-0.4, -0.2) is 35.7 Å². The molecule has 5 nitrogen and oxygen atoms in total. The highest BCUT2D eigenvalue weighted by Gasteiger charge is 2.28. The fourth-order valence-electron chi connectivity index (χ4n) is 3.43. The Balaban J connectivity index is 2.02. The van der Waals surface area contributed by atoms with E-state index in [9.17, 15) is 5.26 Å². The van der Waals surface area contributed by atoms with Crippen molar-refractivity contribution in [3.63, 3.8) is 0 Å². The topological polar surface area (TPSA) is 56.9 Å². The van der Waals surface area contributed by atoms with Gasteiger partial charge in [0, 0.05) is 37.2 Å². The Morgan fingerprint density at radius 2 is 1.91 bits per heavy atom. The summed E-state index contributed by atoms with van der Waals surface area (Å²) in [5.41, 5.74) is 3.86. The van der Waals surface area contributed by atoms with Gasteiger partial charge in [0.2, 0.25) is 5.95 Å². The molecule has 0 amide bonds. The molecule has 0 unspecified atom stereocenters. The fourth-order valence-corrected chi connectivity index (χ4v) is 4.53. The van der Waals surface area contributed by atoms with E-state index in [2.05, 4.69) is 52.7 Å². The zero-order valence-electron chi connectivity index (χ0n) is 12.0. The molecular weight excluding hydrogens is 410 g/mol. The molecule has 0 atom stereocenters. The Morgan fingerprint density at radius 1 is 1.14 bits per heavy atom. The van der Waals surface area contributed by atoms with E-state index in [1.807, 2.05) is 0 Å². The maximum absolute atomic E-state index is 9.56. The summed E-state index contributed by atoms with van der Waals surface area (Å²) in [6.45, 7) is 4.86. The summed E-state index contributed by atoms with van der Waals surface area (Å²) in [5, 5.41) is 12.9. The number of nitrogens with zero attached hydrogens (tertiary/aromatic N) is 4. The normalized spacial score (nSPS) is 17.8. The second-order valence-corrected chi connectivity index (χ2v) is 7.28. The van der Waals surface area contributed by atoms with Gasteiger partial charge >= 0.3 is 0 Å². The Bertz CT molecular complexity index is 799. The molecule has 2 aromatic rings. The molecule has 2 aliphatic rings. The third kappa shape index (κ3) is 2.01. The molecule has 0 radical (unpaired) electrons. The monoisotopic (exact) mass is 423 g/mol. The van der Waals surface area contributed by atoms with Crippen LogP contribution in [0.25, 0.3) is 11.0 Å². The number of nitriles is 1. The van der Waals surface area contributed by atoms with Crippen LogP contribution in [0.5, 0.6) is 0 Å². The number of nitrogens with one attached hydrogen (secondary N) is 1. The first-order chi connectivity index (χ1) is 10.7. The van der Waals surface area contributed by atoms with Crippen LogP contribution in [-0.2, 0) is 13.0 Å². The van der Waals surface area contributed by atoms with Crippen molar-refractivity contribution in [3.8, 4) is 6.07 Å². The molecule has 2 aliphatic heterocycles. The van der Waals surface area contributed by atoms with E-state index >= 15 is 0 Å². The summed E-state index contributed by atoms with van der Waals surface area (Å²) in [4.78, 5) is 7.20. The van der Waals surface area contributed by atoms with Crippen LogP contribution in [0.15, 0.2) is 8.95 Å². The molecule has 1 N–H and O–H groups in total. The smallest absolute Gasteiger partial charge is 0.206 e. The van der Waals surface area contributed by atoms with E-state index in [1.54, 1.807) is 0 Å². The first-order valence-electron chi connectivity index (χ1n) is 7.48. The molecule has 1 fully saturated rings. The second-order valence-electron chi connectivity index (χ2n) is 5.69. The number of aromatic nitrogens is 2. The molecule has 114 valence electrons. The minimum Gasteiger partial charge on any atom is -0.340 e. The number of piperazine rings is 1. The highest BCUT2D eigenvalue weighted by atomic mass is 79.9. The predicted octanol–water partition coefficient (Wildman–Crippen LogP) is 2.79. The first kappa shape index (κ1) is 14.5. The highest BCUT2D eigenvalue weighted by molar-refractivity contribution is 9.13. The standard InChI is InChI=1S/C15H15Br2N5/c16-11-9-2-1-5-22-14(9)13(10(8-18)12(11)17)20-15(22)21-6-3-19-4-7-21/h19H,1-7H2. The third-order valence-electron chi connectivity index (χ3n) is 4.47. The van der Waals surface area contributed by atoms with Gasteiger partial charge in [-0.2, -0.15) is 5.26 Å². The van der Waals surface area contributed by atoms with E-state index in [0.717, 1.165) is 71.5 Å². The van der Waals surface area contributed by atoms with Gasteiger partial charge in [0.05, 0.1) is 15.6 Å². The zero-order valence-corrected chi connectivity index (χ0v) is 15.2. The molecule has 7 heteroatoms. The van der Waals surface area contributed by atoms with Gasteiger partial charge in [-0.1, -0.05) is 0 Å². The van der Waals surface area contributed by atoms with Gasteiger partial charge in [0.15, 0.2) is 0 Å². The SMILES string of the molecule is N#Cc1c(Br)c(Br)c2c3c1nc(N1CCNCC1)n3CCC2. The molecule has 1 saturated heterocycles. The fraction of sp³-hybridized carbons (Fsp3) is 0.467. The van der Waals surface area contributed by atoms with Gasteiger partial charge in [0.25, 0.3) is 0 Å². The quantitative estimate of drug-likeness (QED) is 0.764. The molecule has 1 aromatic carbocycles. The van der Waals surface area contributed by atoms with Gasteiger partial charge in [-0.15, -0.1) is 0 Å². The lowest BCUT2D eigenvalue weighted by Gasteiger charge is -2.29. The summed E-state index contributed by atoms with van der Waals surface area (Å²) < 4.78 is 4.14. The van der Waals surface area contributed by atoms with E-state index in [1.165, 1.54) is 5.56 Å². The number of hydrogen-bond donors (Lipinski definition) is 1. The minimum atomic E-state index is 0.627. The molecule has 0 aliphatic carbocycles. The van der Waals surface area contributed by atoms with E-state index in [0.29, 0.717) is 5.56 Å². The number of imidazole rings is 1. The van der Waals surface area contributed by atoms with Crippen molar-refractivity contribution in [2.75, 3.05) is 31.1 Å². The maximum atomic E-state index is 9.56. The van der Waals surface area contributed by atoms with Crippen molar-refractivity contribution >= 4 is 48.8 Å². The van der Waals surface area contributed by atoms with Crippen molar-refractivity contribution in [1.82, 2.24) is 14.9 Å². The van der Waals surface area contributed by atoms with E-state index < -0.39 is 0 Å². The molecule has 0 saturated carbocycles. The number of anilines is 1. The highest BCUT2D eigenvalue weighted by Crippen LogP contribution is 2.41. The van der Waals surface area contributed by atoms with Crippen molar-refractivity contribution in [3.05, 3.63) is 20.1 Å². The summed E-state index contributed by atoms with van der Waals surface area (Å²) in [7, 11) is 0. The predicted molar refractivity (Wildman–Crippen MR) is 93.3 cm³/mol. The molecule has 1 aromatic heterocycles. The Morgan fingerprint density at radius 3 is 2.64 bits per heavy atom. The van der Waals surface area contributed by atoms with Crippen molar-refractivity contribution in [1.29, 1.82) is 5.26 Å². The van der Waals surface area contributed by atoms with Crippen molar-refractivity contribution in [2.45, 2.75) is 19.4 Å². The summed E-state index contributed by atoms with van der Waals surface area (Å²) >= 11 is 7.23. The Kier molecular flexibility index (Phi) is 3.63. The summed E-state index contributed by atoms with van der Waals surface area (Å²) in [6, 6.07) is 2.31. The second kappa shape index (κ2) is 5.52. The Hall–Kier alpha value is -1.10. The van der Waals surface area contributed by atoms with Gasteiger partial charge < -0.3 is 14.8 Å². The summed E-state index contributed by atoms with van der Waals surface area (Å²) in [6.07, 6.45) is 2.13. The largest absolute Gasteiger partial charge is 0.340 e. The van der Waals surface area contributed by atoms with Gasteiger partial charge in [-0.3, -0.25) is 0 Å². The number of benzene rings is 1. The summed E-state index contributed by atoms with van der Waals surface area (Å²) in [5.74, 6) is 1.01. The Labute approximate surface area is 145 Å². The number of rotatable bonds is 1. The van der Waals surface area contributed by atoms with Gasteiger partial charge in [-0.05, 0) is 50.3 Å². The van der Waals surface area contributed by atoms with E-state index in [-0.39, 0.29) is 0 Å². The van der Waals surface area contributed by atoms with Crippen LogP contribution in [0.2, 0.25) is 0 Å². The average molecular weight is 425 g/mol. The molecule has 3 heterocycles. The van der Waals surface area contributed by atoms with Crippen molar-refractivity contribution < 1.29 is 0 Å². The molecule has 0 bridgehead atoms. The van der Waals surface area contributed by atoms with Crippen LogP contribution in [0.3, 0.4) is 0 Å². The van der Waals surface area contributed by atoms with Crippen LogP contribution < -0.4 is 10.2 Å². The maximum Gasteiger partial charge on any atom is 0.206 e. The number of hydrogen-bond acceptors (Lipinski definition) is 4. The number of halogens is 2. The number of aryl methyl sites for hydroxylation is 2. The lowest BCUT2D eigenvalue weighted by Crippen LogP contribution is -2.44. The van der Waals surface area contributed by atoms with Crippen molar-refractivity contribution in [2.24, 2.45) is 0 Å². The van der Waals surface area contributed by atoms with Crippen LogP contribution in [0, 0.1) is 11.3 Å². The zero-order chi connectivity index (χ0) is 15.3. The molecule has 4 rings (SSSR count). The minimum absolute atomic E-state index is 0.627. The van der Waals surface area contributed by atoms with Crippen LogP contribution in [0.1, 0.15) is 17.5 Å². The van der Waals surface area contributed by atoms with Crippen LogP contribution in [0.4, 0.5) is 5.95 Å². The lowest BCUT2D eigenvalue weighted by atomic mass is 10.0. The van der Waals surface area contributed by atoms with Gasteiger partial charge in [0.1, 0.15) is 11.6 Å². The van der Waals surface area contributed by atoms with Crippen LogP contribution >= 0.6 is 31.9 Å². The van der Waals surface area contributed by atoms with Gasteiger partial charge in [-0.25, -0.2) is 4.98 Å². The first-order valence-corrected chi connectivity index (χ1v) is 9.06. The lowest BCUT2D eigenvalue weighted by molar-refractivity contribution is 0.556. The molecule has 22 heavy (non-hydrogen) atoms. The molecular formula is C15H15Br2N5. The third-order valence-corrected chi connectivity index (χ3v) is 6.67. The van der Waals surface area contributed by atoms with E-state index in [4.69, 9.17) is 4.98 Å². The average Bonchev–Trinajstić information content (AvgIpc) is 2.94. The molecule has 0 spiro atoms.